The van der Waals surface area contributed by atoms with Crippen LogP contribution < -0.4 is 0 Å². The lowest BCUT2D eigenvalue weighted by molar-refractivity contribution is 0.390. The highest BCUT2D eigenvalue weighted by atomic mass is 16.3. The van der Waals surface area contributed by atoms with Crippen LogP contribution in [0.2, 0.25) is 0 Å². The van der Waals surface area contributed by atoms with E-state index >= 15 is 0 Å². The summed E-state index contributed by atoms with van der Waals surface area (Å²) >= 11 is 0. The van der Waals surface area contributed by atoms with E-state index in [9.17, 15) is 0 Å². The Morgan fingerprint density at radius 3 is 1.60 bits per heavy atom. The maximum atomic E-state index is 6.32. The topological polar surface area (TPSA) is 13.1 Å². The average molecular weight is 903 g/mol. The molecule has 0 amide bonds. The van der Waals surface area contributed by atoms with E-state index in [1.54, 1.807) is 0 Å². The van der Waals surface area contributed by atoms with E-state index in [2.05, 4.69) is 263 Å². The third-order valence-electron chi connectivity index (χ3n) is 16.0. The van der Waals surface area contributed by atoms with Gasteiger partial charge < -0.3 is 4.42 Å². The van der Waals surface area contributed by atoms with Crippen LogP contribution in [0.1, 0.15) is 89.8 Å². The molecule has 0 saturated carbocycles. The van der Waals surface area contributed by atoms with Gasteiger partial charge >= 0.3 is 0 Å². The molecule has 2 aliphatic carbocycles. The zero-order chi connectivity index (χ0) is 47.2. The van der Waals surface area contributed by atoms with Crippen LogP contribution in [0.4, 0.5) is 0 Å². The average Bonchev–Trinajstić information content (AvgIpc) is 3.90. The zero-order valence-corrected chi connectivity index (χ0v) is 40.3. The number of aryl methyl sites for hydroxylation is 1. The van der Waals surface area contributed by atoms with Crippen LogP contribution in [-0.2, 0) is 11.8 Å². The van der Waals surface area contributed by atoms with Gasteiger partial charge in [0, 0.05) is 28.5 Å². The molecule has 2 aliphatic rings. The van der Waals surface area contributed by atoms with Crippen LogP contribution in [0.15, 0.2) is 253 Å². The minimum Gasteiger partial charge on any atom is -0.456 e. The molecule has 10 aromatic rings. The van der Waals surface area contributed by atoms with Crippen LogP contribution in [0.3, 0.4) is 0 Å². The molecule has 12 rings (SSSR count). The molecule has 9 aromatic carbocycles. The molecule has 1 aromatic heterocycles. The first kappa shape index (κ1) is 43.5. The number of rotatable bonds is 12. The third kappa shape index (κ3) is 8.14. The first-order valence-corrected chi connectivity index (χ1v) is 25.3. The van der Waals surface area contributed by atoms with Crippen molar-refractivity contribution in [3.8, 4) is 33.4 Å². The van der Waals surface area contributed by atoms with Crippen molar-refractivity contribution in [3.05, 3.63) is 287 Å². The summed E-state index contributed by atoms with van der Waals surface area (Å²) in [5.41, 5.74) is 20.5. The molecule has 1 heteroatoms. The Kier molecular flexibility index (Phi) is 11.4. The van der Waals surface area contributed by atoms with E-state index in [0.29, 0.717) is 11.8 Å². The van der Waals surface area contributed by atoms with Crippen LogP contribution in [0.5, 0.6) is 0 Å². The molecule has 4 atom stereocenters. The summed E-state index contributed by atoms with van der Waals surface area (Å²) in [6.07, 6.45) is 9.58. The predicted octanol–water partition coefficient (Wildman–Crippen LogP) is 18.4. The van der Waals surface area contributed by atoms with Crippen LogP contribution >= 0.6 is 0 Å². The van der Waals surface area contributed by atoms with Crippen molar-refractivity contribution >= 4 is 21.9 Å². The van der Waals surface area contributed by atoms with Gasteiger partial charge in [-0.2, -0.15) is 0 Å². The van der Waals surface area contributed by atoms with Gasteiger partial charge in [0.15, 0.2) is 0 Å². The standard InChI is InChI=1S/C69H58O/c1-46(68(57-40-43-67-63(44-57)62-19-11-13-21-66(62)70-67)58-39-42-61-60-18-10-12-20-64(60)69(2,3)65(61)45-58)48-27-29-54(30-28-48)51-25-22-47(23-26-51)24-41-59(55-35-31-52(32-36-55)49-14-6-4-7-15-49)56-37-33-53(34-38-56)50-16-8-5-9-17-50/h4-23,25-40,42-46,59,61,65,68H,24,41H2,1-3H3. The molecular formula is C69H58O. The Bertz CT molecular complexity index is 3410. The van der Waals surface area contributed by atoms with E-state index in [0.717, 1.165) is 24.0 Å². The fourth-order valence-corrected chi connectivity index (χ4v) is 12.1. The molecule has 4 unspecified atom stereocenters. The first-order chi connectivity index (χ1) is 34.4. The Hall–Kier alpha value is -7.74. The summed E-state index contributed by atoms with van der Waals surface area (Å²) in [7, 11) is 0. The number of hydrogen-bond donors (Lipinski definition) is 0. The van der Waals surface area contributed by atoms with E-state index in [4.69, 9.17) is 4.42 Å². The molecule has 0 radical (unpaired) electrons. The zero-order valence-electron chi connectivity index (χ0n) is 40.3. The van der Waals surface area contributed by atoms with Gasteiger partial charge in [-0.25, -0.2) is 0 Å². The second kappa shape index (κ2) is 18.3. The summed E-state index contributed by atoms with van der Waals surface area (Å²) in [6.45, 7) is 7.29. The summed E-state index contributed by atoms with van der Waals surface area (Å²) in [4.78, 5) is 0. The third-order valence-corrected chi connectivity index (χ3v) is 16.0. The van der Waals surface area contributed by atoms with Gasteiger partial charge in [0.25, 0.3) is 0 Å². The van der Waals surface area contributed by atoms with Gasteiger partial charge in [0.05, 0.1) is 0 Å². The van der Waals surface area contributed by atoms with E-state index in [1.165, 1.54) is 88.7 Å². The Balaban J connectivity index is 0.805. The maximum Gasteiger partial charge on any atom is 0.135 e. The smallest absolute Gasteiger partial charge is 0.135 e. The fourth-order valence-electron chi connectivity index (χ4n) is 12.1. The molecular weight excluding hydrogens is 845 g/mol. The second-order valence-corrected chi connectivity index (χ2v) is 20.4. The van der Waals surface area contributed by atoms with Crippen molar-refractivity contribution in [3.63, 3.8) is 0 Å². The summed E-state index contributed by atoms with van der Waals surface area (Å²) < 4.78 is 6.32. The van der Waals surface area contributed by atoms with Crippen molar-refractivity contribution in [1.82, 2.24) is 0 Å². The van der Waals surface area contributed by atoms with Crippen LogP contribution in [-0.4, -0.2) is 0 Å². The number of furan rings is 1. The Morgan fingerprint density at radius 2 is 0.971 bits per heavy atom. The van der Waals surface area contributed by atoms with Gasteiger partial charge in [-0.05, 0) is 126 Å². The molecule has 0 spiro atoms. The summed E-state index contributed by atoms with van der Waals surface area (Å²) in [5, 5.41) is 2.35. The van der Waals surface area contributed by atoms with Gasteiger partial charge in [0.2, 0.25) is 0 Å². The largest absolute Gasteiger partial charge is 0.456 e. The van der Waals surface area contributed by atoms with Crippen molar-refractivity contribution in [2.24, 2.45) is 5.92 Å². The SMILES string of the molecule is CC(c1ccc(-c2ccc(CCC(c3ccc(-c4ccccc4)cc3)c3ccc(-c4ccccc4)cc3)cc2)cc1)C(C1=CC2C(C=C1)c1ccccc1C2(C)C)c1ccc2oc3ccccc3c2c1. The highest BCUT2D eigenvalue weighted by Crippen LogP contribution is 2.55. The highest BCUT2D eigenvalue weighted by molar-refractivity contribution is 6.05. The van der Waals surface area contributed by atoms with Crippen molar-refractivity contribution < 1.29 is 4.42 Å². The molecule has 0 N–H and O–H groups in total. The lowest BCUT2D eigenvalue weighted by Gasteiger charge is -2.34. The number of allylic oxidation sites excluding steroid dienone is 4. The molecule has 340 valence electrons. The quantitative estimate of drug-likeness (QED) is 0.119. The number of para-hydroxylation sites is 1. The van der Waals surface area contributed by atoms with E-state index < -0.39 is 0 Å². The molecule has 0 bridgehead atoms. The monoisotopic (exact) mass is 902 g/mol. The number of benzene rings is 9. The molecule has 0 saturated heterocycles. The minimum absolute atomic E-state index is 0.0405. The number of fused-ring (bicyclic) bond motifs is 6. The maximum absolute atomic E-state index is 6.32. The van der Waals surface area contributed by atoms with E-state index in [-0.39, 0.29) is 23.2 Å². The van der Waals surface area contributed by atoms with Gasteiger partial charge in [0.1, 0.15) is 11.2 Å². The van der Waals surface area contributed by atoms with Gasteiger partial charge in [-0.1, -0.05) is 245 Å². The predicted molar refractivity (Wildman–Crippen MR) is 294 cm³/mol. The number of hydrogen-bond acceptors (Lipinski definition) is 1. The lowest BCUT2D eigenvalue weighted by atomic mass is 9.69. The Morgan fingerprint density at radius 1 is 0.471 bits per heavy atom. The normalized spacial score (nSPS) is 16.8. The lowest BCUT2D eigenvalue weighted by Crippen LogP contribution is -2.26. The van der Waals surface area contributed by atoms with Crippen molar-refractivity contribution in [2.45, 2.75) is 62.7 Å². The highest BCUT2D eigenvalue weighted by Gasteiger charge is 2.45. The molecule has 1 heterocycles. The molecule has 1 nitrogen and oxygen atoms in total. The Labute approximate surface area is 413 Å². The van der Waals surface area contributed by atoms with Gasteiger partial charge in [-0.3, -0.25) is 0 Å². The van der Waals surface area contributed by atoms with Crippen LogP contribution in [0, 0.1) is 5.92 Å². The van der Waals surface area contributed by atoms with Crippen molar-refractivity contribution in [2.75, 3.05) is 0 Å². The molecule has 70 heavy (non-hydrogen) atoms. The van der Waals surface area contributed by atoms with E-state index in [1.807, 2.05) is 0 Å². The summed E-state index contributed by atoms with van der Waals surface area (Å²) in [6, 6.07) is 83.0. The molecule has 0 fully saturated rings. The van der Waals surface area contributed by atoms with Crippen molar-refractivity contribution in [1.29, 1.82) is 0 Å². The summed E-state index contributed by atoms with van der Waals surface area (Å²) in [5.74, 6) is 1.45. The minimum atomic E-state index is 0.0405. The molecule has 0 aliphatic heterocycles. The van der Waals surface area contributed by atoms with Crippen LogP contribution in [0.25, 0.3) is 55.3 Å². The first-order valence-electron chi connectivity index (χ1n) is 25.3. The second-order valence-electron chi connectivity index (χ2n) is 20.4. The fraction of sp³-hybridized carbons (Fsp3) is 0.159. The van der Waals surface area contributed by atoms with Gasteiger partial charge in [-0.15, -0.1) is 0 Å².